The molecule has 0 aliphatic carbocycles. The lowest BCUT2D eigenvalue weighted by atomic mass is 10.1. The quantitative estimate of drug-likeness (QED) is 0.197. The average molecular weight is 450 g/mol. The first-order chi connectivity index (χ1) is 15.4. The second-order valence-electron chi connectivity index (χ2n) is 6.70. The number of hydrogen-bond acceptors (Lipinski definition) is 5. The monoisotopic (exact) mass is 449 g/mol. The molecule has 32 heavy (non-hydrogen) atoms. The third kappa shape index (κ3) is 6.26. The lowest BCUT2D eigenvalue weighted by Crippen LogP contribution is -2.37. The van der Waals surface area contributed by atoms with Crippen LogP contribution >= 0.6 is 11.6 Å². The van der Waals surface area contributed by atoms with Crippen LogP contribution in [0.2, 0.25) is 5.02 Å². The Morgan fingerprint density at radius 3 is 2.22 bits per heavy atom. The molecule has 0 unspecified atom stereocenters. The van der Waals surface area contributed by atoms with Crippen LogP contribution in [-0.2, 0) is 16.1 Å². The molecule has 3 rings (SSSR count). The maximum Gasteiger partial charge on any atom is 0.345 e. The minimum Gasteiger partial charge on any atom is -0.423 e. The first-order valence-electron chi connectivity index (χ1n) is 9.67. The number of carbonyl (C=O) groups excluding carboxylic acids is 3. The summed E-state index contributed by atoms with van der Waals surface area (Å²) in [5.74, 6) is -1.89. The zero-order valence-electron chi connectivity index (χ0n) is 17.2. The molecule has 0 fully saturated rings. The predicted molar refractivity (Wildman–Crippen MR) is 121 cm³/mol. The van der Waals surface area contributed by atoms with Crippen molar-refractivity contribution >= 4 is 35.1 Å². The molecule has 0 aromatic heterocycles. The van der Waals surface area contributed by atoms with Gasteiger partial charge < -0.3 is 10.1 Å². The molecular weight excluding hydrogens is 430 g/mol. The van der Waals surface area contributed by atoms with Crippen molar-refractivity contribution in [3.8, 4) is 5.75 Å². The molecule has 0 spiro atoms. The fourth-order valence-corrected chi connectivity index (χ4v) is 2.87. The van der Waals surface area contributed by atoms with Crippen molar-refractivity contribution in [2.24, 2.45) is 5.10 Å². The summed E-state index contributed by atoms with van der Waals surface area (Å²) in [6, 6.07) is 22.4. The Morgan fingerprint density at radius 1 is 0.875 bits per heavy atom. The Morgan fingerprint density at radius 2 is 1.53 bits per heavy atom. The van der Waals surface area contributed by atoms with Crippen molar-refractivity contribution in [1.82, 2.24) is 10.7 Å². The molecule has 0 saturated heterocycles. The zero-order chi connectivity index (χ0) is 22.9. The van der Waals surface area contributed by atoms with Crippen molar-refractivity contribution in [3.63, 3.8) is 0 Å². The Labute approximate surface area is 190 Å². The van der Waals surface area contributed by atoms with Gasteiger partial charge in [0.2, 0.25) is 0 Å². The third-order valence-electron chi connectivity index (χ3n) is 4.40. The van der Waals surface area contributed by atoms with E-state index >= 15 is 0 Å². The standard InChI is InChI=1S/C24H20ClN3O4/c1-16(27-28-23(30)22(29)26-15-17-7-3-2-4-8-17)18-11-13-19(14-12-18)32-24(31)20-9-5-6-10-21(20)25/h2-14H,15H2,1H3,(H,26,29)(H,28,30)/b27-16+. The van der Waals surface area contributed by atoms with Crippen LogP contribution in [0.1, 0.15) is 28.4 Å². The van der Waals surface area contributed by atoms with Crippen LogP contribution in [0.15, 0.2) is 84.0 Å². The predicted octanol–water partition coefficient (Wildman–Crippen LogP) is 3.72. The highest BCUT2D eigenvalue weighted by Gasteiger charge is 2.14. The van der Waals surface area contributed by atoms with E-state index in [1.165, 1.54) is 0 Å². The van der Waals surface area contributed by atoms with Crippen LogP contribution in [0, 0.1) is 0 Å². The Balaban J connectivity index is 1.53. The number of esters is 1. The fraction of sp³-hybridized carbons (Fsp3) is 0.0833. The van der Waals surface area contributed by atoms with E-state index in [9.17, 15) is 14.4 Å². The largest absolute Gasteiger partial charge is 0.423 e. The first kappa shape index (κ1) is 22.7. The van der Waals surface area contributed by atoms with Gasteiger partial charge in [-0.2, -0.15) is 5.10 Å². The van der Waals surface area contributed by atoms with Gasteiger partial charge >= 0.3 is 17.8 Å². The fourth-order valence-electron chi connectivity index (χ4n) is 2.66. The van der Waals surface area contributed by atoms with Gasteiger partial charge in [-0.1, -0.05) is 54.1 Å². The number of carbonyl (C=O) groups is 3. The van der Waals surface area contributed by atoms with E-state index in [2.05, 4.69) is 15.8 Å². The summed E-state index contributed by atoms with van der Waals surface area (Å²) in [5.41, 5.74) is 4.52. The summed E-state index contributed by atoms with van der Waals surface area (Å²) in [6.45, 7) is 1.91. The summed E-state index contributed by atoms with van der Waals surface area (Å²) in [4.78, 5) is 36.1. The summed E-state index contributed by atoms with van der Waals surface area (Å²) >= 11 is 6.01. The van der Waals surface area contributed by atoms with Crippen LogP contribution in [-0.4, -0.2) is 23.5 Å². The molecule has 0 saturated carbocycles. The van der Waals surface area contributed by atoms with Gasteiger partial charge in [0.25, 0.3) is 0 Å². The van der Waals surface area contributed by atoms with Gasteiger partial charge in [-0.15, -0.1) is 0 Å². The highest BCUT2D eigenvalue weighted by atomic mass is 35.5. The number of hydrazone groups is 1. The maximum atomic E-state index is 12.2. The molecule has 2 amide bonds. The molecule has 0 aliphatic heterocycles. The molecular formula is C24H20ClN3O4. The highest BCUT2D eigenvalue weighted by molar-refractivity contribution is 6.35. The number of hydrogen-bond donors (Lipinski definition) is 2. The molecule has 0 heterocycles. The van der Waals surface area contributed by atoms with Crippen molar-refractivity contribution in [1.29, 1.82) is 0 Å². The van der Waals surface area contributed by atoms with Gasteiger partial charge in [-0.05, 0) is 54.4 Å². The van der Waals surface area contributed by atoms with Gasteiger partial charge in [0.1, 0.15) is 5.75 Å². The van der Waals surface area contributed by atoms with Gasteiger partial charge in [-0.3, -0.25) is 9.59 Å². The van der Waals surface area contributed by atoms with Gasteiger partial charge in [0.15, 0.2) is 0 Å². The van der Waals surface area contributed by atoms with Crippen molar-refractivity contribution in [2.45, 2.75) is 13.5 Å². The summed E-state index contributed by atoms with van der Waals surface area (Å²) in [7, 11) is 0. The third-order valence-corrected chi connectivity index (χ3v) is 4.73. The minimum absolute atomic E-state index is 0.240. The second kappa shape index (κ2) is 10.9. The second-order valence-corrected chi connectivity index (χ2v) is 7.11. The molecule has 0 aliphatic rings. The number of nitrogens with one attached hydrogen (secondary N) is 2. The number of ether oxygens (including phenoxy) is 1. The molecule has 0 bridgehead atoms. The first-order valence-corrected chi connectivity index (χ1v) is 10.1. The van der Waals surface area contributed by atoms with E-state index in [-0.39, 0.29) is 12.1 Å². The Bertz CT molecular complexity index is 1150. The Hall–Kier alpha value is -3.97. The SMILES string of the molecule is C/C(=N\NC(=O)C(=O)NCc1ccccc1)c1ccc(OC(=O)c2ccccc2Cl)cc1. The molecule has 7 nitrogen and oxygen atoms in total. The van der Waals surface area contributed by atoms with E-state index in [1.807, 2.05) is 30.3 Å². The lowest BCUT2D eigenvalue weighted by Gasteiger charge is -2.07. The molecule has 2 N–H and O–H groups in total. The summed E-state index contributed by atoms with van der Waals surface area (Å²) in [5, 5.41) is 6.78. The molecule has 3 aromatic carbocycles. The van der Waals surface area contributed by atoms with Crippen LogP contribution in [0.3, 0.4) is 0 Å². The summed E-state index contributed by atoms with van der Waals surface area (Å²) < 4.78 is 5.32. The number of nitrogens with zero attached hydrogens (tertiary/aromatic N) is 1. The van der Waals surface area contributed by atoms with Crippen LogP contribution < -0.4 is 15.5 Å². The molecule has 3 aromatic rings. The molecule has 0 atom stereocenters. The van der Waals surface area contributed by atoms with Crippen molar-refractivity contribution in [2.75, 3.05) is 0 Å². The normalized spacial score (nSPS) is 10.9. The van der Waals surface area contributed by atoms with E-state index in [0.717, 1.165) is 5.56 Å². The number of halogens is 1. The van der Waals surface area contributed by atoms with Crippen molar-refractivity contribution in [3.05, 3.63) is 101 Å². The van der Waals surface area contributed by atoms with E-state index in [1.54, 1.807) is 55.5 Å². The highest BCUT2D eigenvalue weighted by Crippen LogP contribution is 2.19. The lowest BCUT2D eigenvalue weighted by molar-refractivity contribution is -0.139. The van der Waals surface area contributed by atoms with E-state index < -0.39 is 17.8 Å². The zero-order valence-corrected chi connectivity index (χ0v) is 17.9. The summed E-state index contributed by atoms with van der Waals surface area (Å²) in [6.07, 6.45) is 0. The van der Waals surface area contributed by atoms with Crippen LogP contribution in [0.4, 0.5) is 0 Å². The van der Waals surface area contributed by atoms with E-state index in [0.29, 0.717) is 22.0 Å². The van der Waals surface area contributed by atoms with Gasteiger partial charge in [0, 0.05) is 6.54 Å². The smallest absolute Gasteiger partial charge is 0.345 e. The molecule has 162 valence electrons. The maximum absolute atomic E-state index is 12.2. The minimum atomic E-state index is -0.870. The number of benzene rings is 3. The van der Waals surface area contributed by atoms with E-state index in [4.69, 9.17) is 16.3 Å². The Kier molecular flexibility index (Phi) is 7.72. The molecule has 0 radical (unpaired) electrons. The van der Waals surface area contributed by atoms with Gasteiger partial charge in [-0.25, -0.2) is 10.2 Å². The number of rotatable bonds is 6. The van der Waals surface area contributed by atoms with Crippen molar-refractivity contribution < 1.29 is 19.1 Å². The van der Waals surface area contributed by atoms with Crippen LogP contribution in [0.25, 0.3) is 0 Å². The van der Waals surface area contributed by atoms with Gasteiger partial charge in [0.05, 0.1) is 16.3 Å². The topological polar surface area (TPSA) is 96.9 Å². The number of amides is 2. The van der Waals surface area contributed by atoms with Crippen LogP contribution in [0.5, 0.6) is 5.75 Å². The molecule has 8 heteroatoms. The average Bonchev–Trinajstić information content (AvgIpc) is 2.82.